The minimum absolute atomic E-state index is 0.0706. The van der Waals surface area contributed by atoms with E-state index in [4.69, 9.17) is 16.2 Å². The molecule has 0 unspecified atom stereocenters. The Balaban J connectivity index is 3.63. The van der Waals surface area contributed by atoms with Crippen LogP contribution in [0.15, 0.2) is 0 Å². The fraction of sp³-hybridized carbons (Fsp3) is 0.600. The van der Waals surface area contributed by atoms with Gasteiger partial charge >= 0.3 is 11.9 Å². The molecule has 0 aliphatic rings. The van der Waals surface area contributed by atoms with Crippen LogP contribution in [0.1, 0.15) is 12.8 Å². The van der Waals surface area contributed by atoms with E-state index in [-0.39, 0.29) is 12.8 Å². The van der Waals surface area contributed by atoms with Crippen molar-refractivity contribution in [2.45, 2.75) is 18.9 Å². The lowest BCUT2D eigenvalue weighted by molar-refractivity contribution is -0.237. The van der Waals surface area contributed by atoms with Gasteiger partial charge in [-0.2, -0.15) is 10.5 Å². The zero-order chi connectivity index (χ0) is 9.56. The first kappa shape index (κ1) is 10.8. The van der Waals surface area contributed by atoms with Crippen molar-refractivity contribution in [2.24, 2.45) is 5.73 Å². The first-order chi connectivity index (χ1) is 5.61. The molecule has 1 atom stereocenters. The Morgan fingerprint density at radius 2 is 1.92 bits per heavy atom. The third-order valence-corrected chi connectivity index (χ3v) is 1.15. The van der Waals surface area contributed by atoms with Gasteiger partial charge in [-0.05, 0) is 6.42 Å². The minimum atomic E-state index is -1.10. The smallest absolute Gasteiger partial charge is 0.318 e. The highest BCUT2D eigenvalue weighted by Crippen LogP contribution is 1.97. The Bertz CT molecular complexity index is 169. The molecule has 7 heteroatoms. The molecule has 0 fully saturated rings. The molecule has 12 heavy (non-hydrogen) atoms. The van der Waals surface area contributed by atoms with Gasteiger partial charge in [-0.1, -0.05) is 0 Å². The molecular formula is C5H9NO6. The Morgan fingerprint density at radius 1 is 1.33 bits per heavy atom. The van der Waals surface area contributed by atoms with Crippen LogP contribution in [-0.4, -0.2) is 28.5 Å². The lowest BCUT2D eigenvalue weighted by atomic mass is 10.2. The maximum absolute atomic E-state index is 10.4. The van der Waals surface area contributed by atoms with Crippen LogP contribution in [0.5, 0.6) is 0 Å². The van der Waals surface area contributed by atoms with Crippen molar-refractivity contribution in [3.05, 3.63) is 0 Å². The number of hydrogen-bond acceptors (Lipinski definition) is 7. The number of nitrogens with two attached hydrogens (primary N) is 1. The molecule has 0 aliphatic carbocycles. The van der Waals surface area contributed by atoms with Gasteiger partial charge in [-0.3, -0.25) is 4.89 Å². The average molecular weight is 179 g/mol. The highest BCUT2D eigenvalue weighted by molar-refractivity contribution is 5.76. The van der Waals surface area contributed by atoms with Crippen LogP contribution in [0.3, 0.4) is 0 Å². The van der Waals surface area contributed by atoms with E-state index in [1.807, 2.05) is 0 Å². The van der Waals surface area contributed by atoms with Crippen LogP contribution in [0, 0.1) is 0 Å². The van der Waals surface area contributed by atoms with Crippen molar-refractivity contribution in [1.82, 2.24) is 0 Å². The molecule has 0 aromatic heterocycles. The number of carbonyl (C=O) groups is 2. The summed E-state index contributed by atoms with van der Waals surface area (Å²) in [5, 5.41) is 15.6. The summed E-state index contributed by atoms with van der Waals surface area (Å²) < 4.78 is 0. The predicted octanol–water partition coefficient (Wildman–Crippen LogP) is -0.874. The summed E-state index contributed by atoms with van der Waals surface area (Å²) in [6.07, 6.45) is -0.300. The van der Waals surface area contributed by atoms with Crippen LogP contribution < -0.4 is 5.73 Å². The van der Waals surface area contributed by atoms with Crippen molar-refractivity contribution in [1.29, 1.82) is 0 Å². The molecule has 0 aliphatic heterocycles. The van der Waals surface area contributed by atoms with Gasteiger partial charge < -0.3 is 10.6 Å². The van der Waals surface area contributed by atoms with Crippen LogP contribution >= 0.6 is 0 Å². The lowest BCUT2D eigenvalue weighted by Gasteiger charge is -2.04. The van der Waals surface area contributed by atoms with Crippen LogP contribution in [0.4, 0.5) is 0 Å². The maximum Gasteiger partial charge on any atom is 0.358 e. The Morgan fingerprint density at radius 3 is 2.33 bits per heavy atom. The van der Waals surface area contributed by atoms with Crippen molar-refractivity contribution >= 4 is 11.9 Å². The van der Waals surface area contributed by atoms with Crippen molar-refractivity contribution in [3.63, 3.8) is 0 Å². The monoisotopic (exact) mass is 179 g/mol. The third kappa shape index (κ3) is 3.86. The highest BCUT2D eigenvalue weighted by Gasteiger charge is 2.16. The molecule has 4 N–H and O–H groups in total. The van der Waals surface area contributed by atoms with E-state index in [0.717, 1.165) is 0 Å². The quantitative estimate of drug-likeness (QED) is 0.379. The summed E-state index contributed by atoms with van der Waals surface area (Å²) in [7, 11) is 0. The maximum atomic E-state index is 10.4. The highest BCUT2D eigenvalue weighted by atomic mass is 17.1. The minimum Gasteiger partial charge on any atom is -0.318 e. The molecule has 7 nitrogen and oxygen atoms in total. The van der Waals surface area contributed by atoms with Gasteiger partial charge in [-0.25, -0.2) is 9.59 Å². The Hall–Kier alpha value is -1.18. The number of hydrogen-bond donors (Lipinski definition) is 3. The zero-order valence-electron chi connectivity index (χ0n) is 6.10. The molecule has 0 saturated heterocycles. The summed E-state index contributed by atoms with van der Waals surface area (Å²) in [5.74, 6) is -1.95. The molecule has 0 heterocycles. The molecule has 0 rings (SSSR count). The summed E-state index contributed by atoms with van der Waals surface area (Å²) in [5.41, 5.74) is 5.11. The molecular weight excluding hydrogens is 170 g/mol. The number of carbonyl (C=O) groups excluding carboxylic acids is 2. The molecule has 0 bridgehead atoms. The van der Waals surface area contributed by atoms with Crippen molar-refractivity contribution in [3.8, 4) is 0 Å². The van der Waals surface area contributed by atoms with E-state index in [1.165, 1.54) is 0 Å². The summed E-state index contributed by atoms with van der Waals surface area (Å²) >= 11 is 0. The molecule has 0 amide bonds. The SMILES string of the molecule is N[C@@H](CCC(=O)OO)C(=O)OO. The molecule has 0 spiro atoms. The van der Waals surface area contributed by atoms with E-state index >= 15 is 0 Å². The summed E-state index contributed by atoms with van der Waals surface area (Å²) in [4.78, 5) is 27.3. The number of rotatable bonds is 4. The van der Waals surface area contributed by atoms with E-state index in [2.05, 4.69) is 9.78 Å². The largest absolute Gasteiger partial charge is 0.358 e. The second kappa shape index (κ2) is 5.47. The van der Waals surface area contributed by atoms with E-state index < -0.39 is 18.0 Å². The second-order valence-electron chi connectivity index (χ2n) is 2.02. The van der Waals surface area contributed by atoms with Crippen LogP contribution in [0.2, 0.25) is 0 Å². The third-order valence-electron chi connectivity index (χ3n) is 1.15. The Kier molecular flexibility index (Phi) is 4.93. The summed E-state index contributed by atoms with van der Waals surface area (Å²) in [6, 6.07) is -1.10. The lowest BCUT2D eigenvalue weighted by Crippen LogP contribution is -2.32. The van der Waals surface area contributed by atoms with Crippen LogP contribution in [0.25, 0.3) is 0 Å². The summed E-state index contributed by atoms with van der Waals surface area (Å²) in [6.45, 7) is 0. The molecule has 0 radical (unpaired) electrons. The topological polar surface area (TPSA) is 119 Å². The standard InChI is InChI=1S/C5H9NO6/c6-3(5(8)12-10)1-2-4(7)11-9/h3,9-10H,1-2,6H2/t3-/m0/s1. The first-order valence-electron chi connectivity index (χ1n) is 3.07. The van der Waals surface area contributed by atoms with Gasteiger partial charge in [0.15, 0.2) is 0 Å². The second-order valence-corrected chi connectivity index (χ2v) is 2.02. The van der Waals surface area contributed by atoms with Crippen molar-refractivity contribution < 1.29 is 29.9 Å². The Labute approximate surface area is 67.5 Å². The normalized spacial score (nSPS) is 11.9. The van der Waals surface area contributed by atoms with Gasteiger partial charge in [0, 0.05) is 0 Å². The van der Waals surface area contributed by atoms with E-state index in [0.29, 0.717) is 0 Å². The van der Waals surface area contributed by atoms with Gasteiger partial charge in [0.05, 0.1) is 6.42 Å². The van der Waals surface area contributed by atoms with Gasteiger partial charge in [0.25, 0.3) is 0 Å². The average Bonchev–Trinajstić information content (AvgIpc) is 2.11. The zero-order valence-corrected chi connectivity index (χ0v) is 6.10. The predicted molar refractivity (Wildman–Crippen MR) is 34.7 cm³/mol. The first-order valence-corrected chi connectivity index (χ1v) is 3.07. The fourth-order valence-electron chi connectivity index (χ4n) is 0.505. The molecule has 70 valence electrons. The van der Waals surface area contributed by atoms with E-state index in [9.17, 15) is 9.59 Å². The van der Waals surface area contributed by atoms with E-state index in [1.54, 1.807) is 0 Å². The van der Waals surface area contributed by atoms with Crippen LogP contribution in [-0.2, 0) is 19.4 Å². The molecule has 0 saturated carbocycles. The van der Waals surface area contributed by atoms with Gasteiger partial charge in [0.1, 0.15) is 6.04 Å². The fourth-order valence-corrected chi connectivity index (χ4v) is 0.505. The molecule has 0 aromatic carbocycles. The molecule has 0 aromatic rings. The van der Waals surface area contributed by atoms with Crippen molar-refractivity contribution in [2.75, 3.05) is 0 Å². The van der Waals surface area contributed by atoms with Gasteiger partial charge in [-0.15, -0.1) is 0 Å². The van der Waals surface area contributed by atoms with Gasteiger partial charge in [0.2, 0.25) is 0 Å².